The molecule has 0 radical (unpaired) electrons. The second-order valence-electron chi connectivity index (χ2n) is 4.97. The first-order chi connectivity index (χ1) is 8.93. The Balaban J connectivity index is 2.41. The van der Waals surface area contributed by atoms with Crippen molar-refractivity contribution in [2.45, 2.75) is 24.2 Å². The van der Waals surface area contributed by atoms with E-state index >= 15 is 0 Å². The highest BCUT2D eigenvalue weighted by Gasteiger charge is 2.28. The third-order valence-corrected chi connectivity index (χ3v) is 6.26. The summed E-state index contributed by atoms with van der Waals surface area (Å²) >= 11 is 3.36. The van der Waals surface area contributed by atoms with Crippen LogP contribution in [0.4, 0.5) is 5.69 Å². The van der Waals surface area contributed by atoms with Gasteiger partial charge in [0, 0.05) is 37.3 Å². The first-order valence-corrected chi connectivity index (χ1v) is 8.63. The molecule has 1 aliphatic rings. The number of hydrogen-bond donors (Lipinski definition) is 0. The Morgan fingerprint density at radius 2 is 1.79 bits per heavy atom. The lowest BCUT2D eigenvalue weighted by molar-refractivity contribution is 0.346. The molecule has 4 nitrogen and oxygen atoms in total. The average Bonchev–Trinajstić information content (AvgIpc) is 2.39. The molecule has 0 spiro atoms. The number of piperidine rings is 1. The molecule has 0 N–H and O–H groups in total. The largest absolute Gasteiger partial charge is 0.378 e. The van der Waals surface area contributed by atoms with Crippen LogP contribution in [0.3, 0.4) is 0 Å². The Morgan fingerprint density at radius 1 is 1.16 bits per heavy atom. The van der Waals surface area contributed by atoms with E-state index in [1.165, 1.54) is 0 Å². The topological polar surface area (TPSA) is 40.6 Å². The van der Waals surface area contributed by atoms with Crippen molar-refractivity contribution in [3.05, 3.63) is 22.7 Å². The third kappa shape index (κ3) is 3.12. The summed E-state index contributed by atoms with van der Waals surface area (Å²) in [5, 5.41) is 0. The van der Waals surface area contributed by atoms with Crippen LogP contribution in [0.15, 0.2) is 27.6 Å². The van der Waals surface area contributed by atoms with Gasteiger partial charge in [0.1, 0.15) is 0 Å². The van der Waals surface area contributed by atoms with Gasteiger partial charge in [-0.3, -0.25) is 0 Å². The van der Waals surface area contributed by atoms with Crippen LogP contribution in [-0.4, -0.2) is 39.9 Å². The minimum atomic E-state index is -3.39. The molecule has 1 aromatic carbocycles. The van der Waals surface area contributed by atoms with Crippen molar-refractivity contribution in [2.75, 3.05) is 32.1 Å². The van der Waals surface area contributed by atoms with Crippen molar-refractivity contribution in [3.63, 3.8) is 0 Å². The minimum Gasteiger partial charge on any atom is -0.378 e. The van der Waals surface area contributed by atoms with E-state index in [1.807, 2.05) is 25.1 Å². The summed E-state index contributed by atoms with van der Waals surface area (Å²) < 4.78 is 27.5. The first kappa shape index (κ1) is 14.8. The number of benzene rings is 1. The van der Waals surface area contributed by atoms with Crippen LogP contribution in [0, 0.1) is 0 Å². The fourth-order valence-electron chi connectivity index (χ4n) is 2.21. The van der Waals surface area contributed by atoms with Crippen molar-refractivity contribution < 1.29 is 8.42 Å². The lowest BCUT2D eigenvalue weighted by Gasteiger charge is -2.26. The number of hydrogen-bond acceptors (Lipinski definition) is 3. The second kappa shape index (κ2) is 5.81. The van der Waals surface area contributed by atoms with Gasteiger partial charge in [0.15, 0.2) is 0 Å². The number of rotatable bonds is 3. The molecule has 19 heavy (non-hydrogen) atoms. The Kier molecular flexibility index (Phi) is 4.53. The SMILES string of the molecule is CN(C)c1ccc(Br)c(S(=O)(=O)N2CCCCC2)c1. The third-order valence-electron chi connectivity index (χ3n) is 3.36. The molecule has 0 saturated carbocycles. The fourth-order valence-corrected chi connectivity index (χ4v) is 4.67. The second-order valence-corrected chi connectivity index (χ2v) is 7.73. The smallest absolute Gasteiger partial charge is 0.244 e. The highest BCUT2D eigenvalue weighted by atomic mass is 79.9. The monoisotopic (exact) mass is 346 g/mol. The maximum Gasteiger partial charge on any atom is 0.244 e. The van der Waals surface area contributed by atoms with Crippen LogP contribution >= 0.6 is 15.9 Å². The van der Waals surface area contributed by atoms with Gasteiger partial charge in [-0.05, 0) is 47.0 Å². The molecular weight excluding hydrogens is 328 g/mol. The molecular formula is C13H19BrN2O2S. The number of halogens is 1. The Bertz CT molecular complexity index is 552. The molecule has 1 aromatic rings. The lowest BCUT2D eigenvalue weighted by Crippen LogP contribution is -2.35. The predicted molar refractivity (Wildman–Crippen MR) is 81.1 cm³/mol. The van der Waals surface area contributed by atoms with Crippen LogP contribution < -0.4 is 4.90 Å². The number of sulfonamides is 1. The van der Waals surface area contributed by atoms with Gasteiger partial charge >= 0.3 is 0 Å². The first-order valence-electron chi connectivity index (χ1n) is 6.40. The van der Waals surface area contributed by atoms with Crippen LogP contribution in [0.1, 0.15) is 19.3 Å². The van der Waals surface area contributed by atoms with Crippen molar-refractivity contribution in [3.8, 4) is 0 Å². The summed E-state index contributed by atoms with van der Waals surface area (Å²) in [6.07, 6.45) is 3.01. The zero-order chi connectivity index (χ0) is 14.0. The van der Waals surface area contributed by atoms with E-state index in [9.17, 15) is 8.42 Å². The van der Waals surface area contributed by atoms with Crippen molar-refractivity contribution in [1.82, 2.24) is 4.31 Å². The molecule has 0 atom stereocenters. The van der Waals surface area contributed by atoms with Crippen LogP contribution in [0.5, 0.6) is 0 Å². The quantitative estimate of drug-likeness (QED) is 0.844. The summed E-state index contributed by atoms with van der Waals surface area (Å²) in [7, 11) is 0.418. The zero-order valence-corrected chi connectivity index (χ0v) is 13.7. The van der Waals surface area contributed by atoms with Gasteiger partial charge in [-0.1, -0.05) is 6.42 Å². The molecule has 0 amide bonds. The Morgan fingerprint density at radius 3 is 2.37 bits per heavy atom. The summed E-state index contributed by atoms with van der Waals surface area (Å²) in [6.45, 7) is 1.25. The molecule has 1 saturated heterocycles. The summed E-state index contributed by atoms with van der Waals surface area (Å²) in [5.41, 5.74) is 0.888. The molecule has 2 rings (SSSR count). The average molecular weight is 347 g/mol. The van der Waals surface area contributed by atoms with Gasteiger partial charge < -0.3 is 4.90 Å². The van der Waals surface area contributed by atoms with E-state index < -0.39 is 10.0 Å². The zero-order valence-electron chi connectivity index (χ0n) is 11.3. The van der Waals surface area contributed by atoms with Crippen LogP contribution in [-0.2, 0) is 10.0 Å². The minimum absolute atomic E-state index is 0.362. The van der Waals surface area contributed by atoms with Gasteiger partial charge in [0.05, 0.1) is 4.90 Å². The predicted octanol–water partition coefficient (Wildman–Crippen LogP) is 2.69. The van der Waals surface area contributed by atoms with E-state index in [-0.39, 0.29) is 0 Å². The van der Waals surface area contributed by atoms with E-state index in [2.05, 4.69) is 15.9 Å². The molecule has 1 fully saturated rings. The van der Waals surface area contributed by atoms with Gasteiger partial charge in [-0.15, -0.1) is 0 Å². The van der Waals surface area contributed by atoms with Gasteiger partial charge in [0.2, 0.25) is 10.0 Å². The number of anilines is 1. The maximum absolute atomic E-state index is 12.7. The highest BCUT2D eigenvalue weighted by molar-refractivity contribution is 9.10. The van der Waals surface area contributed by atoms with E-state index in [4.69, 9.17) is 0 Å². The summed E-state index contributed by atoms with van der Waals surface area (Å²) in [4.78, 5) is 2.27. The standard InChI is InChI=1S/C13H19BrN2O2S/c1-15(2)11-6-7-12(14)13(10-11)19(17,18)16-8-4-3-5-9-16/h6-7,10H,3-5,8-9H2,1-2H3. The Labute approximate surface area is 123 Å². The van der Waals surface area contributed by atoms with Crippen molar-refractivity contribution in [2.24, 2.45) is 0 Å². The molecule has 1 heterocycles. The maximum atomic E-state index is 12.7. The van der Waals surface area contributed by atoms with E-state index in [0.717, 1.165) is 24.9 Å². The molecule has 0 aliphatic carbocycles. The lowest BCUT2D eigenvalue weighted by atomic mass is 10.2. The van der Waals surface area contributed by atoms with Gasteiger partial charge in [-0.2, -0.15) is 4.31 Å². The number of nitrogens with zero attached hydrogens (tertiary/aromatic N) is 2. The molecule has 1 aliphatic heterocycles. The summed E-state index contributed by atoms with van der Waals surface area (Å²) in [6, 6.07) is 5.43. The summed E-state index contributed by atoms with van der Waals surface area (Å²) in [5.74, 6) is 0. The molecule has 0 unspecified atom stereocenters. The normalized spacial score (nSPS) is 17.4. The van der Waals surface area contributed by atoms with E-state index in [1.54, 1.807) is 16.4 Å². The molecule has 106 valence electrons. The van der Waals surface area contributed by atoms with E-state index in [0.29, 0.717) is 22.5 Å². The Hall–Kier alpha value is -0.590. The molecule has 6 heteroatoms. The van der Waals surface area contributed by atoms with Gasteiger partial charge in [-0.25, -0.2) is 8.42 Å². The van der Waals surface area contributed by atoms with Gasteiger partial charge in [0.25, 0.3) is 0 Å². The molecule has 0 aromatic heterocycles. The van der Waals surface area contributed by atoms with Crippen molar-refractivity contribution >= 4 is 31.6 Å². The highest BCUT2D eigenvalue weighted by Crippen LogP contribution is 2.30. The van der Waals surface area contributed by atoms with Crippen LogP contribution in [0.25, 0.3) is 0 Å². The fraction of sp³-hybridized carbons (Fsp3) is 0.538. The van der Waals surface area contributed by atoms with Crippen molar-refractivity contribution in [1.29, 1.82) is 0 Å². The molecule has 0 bridgehead atoms. The van der Waals surface area contributed by atoms with Crippen LogP contribution in [0.2, 0.25) is 0 Å².